The highest BCUT2D eigenvalue weighted by atomic mass is 35.5. The van der Waals surface area contributed by atoms with Crippen molar-refractivity contribution in [1.82, 2.24) is 9.80 Å². The van der Waals surface area contributed by atoms with Crippen LogP contribution in [0.25, 0.3) is 0 Å². The van der Waals surface area contributed by atoms with Gasteiger partial charge in [-0.1, -0.05) is 53.9 Å². The van der Waals surface area contributed by atoms with Gasteiger partial charge in [-0.25, -0.2) is 0 Å². The van der Waals surface area contributed by atoms with Gasteiger partial charge in [0.15, 0.2) is 0 Å². The van der Waals surface area contributed by atoms with E-state index in [9.17, 15) is 4.79 Å². The molecule has 4 rings (SSSR count). The number of hydrogen-bond donors (Lipinski definition) is 0. The molecule has 2 aliphatic heterocycles. The molecule has 1 amide bonds. The van der Waals surface area contributed by atoms with Crippen LogP contribution in [0, 0.1) is 5.92 Å². The molecule has 0 N–H and O–H groups in total. The Labute approximate surface area is 183 Å². The van der Waals surface area contributed by atoms with Crippen LogP contribution in [0.15, 0.2) is 36.4 Å². The summed E-state index contributed by atoms with van der Waals surface area (Å²) in [6, 6.07) is 3.65. The predicted octanol–water partition coefficient (Wildman–Crippen LogP) is 5.09. The lowest BCUT2D eigenvalue weighted by atomic mass is 10.0. The molecule has 2 atom stereocenters. The molecule has 0 radical (unpaired) electrons. The number of likely N-dealkylation sites (tertiary alicyclic amines) is 2. The second-order valence-electron chi connectivity index (χ2n) is 8.15. The Bertz CT molecular complexity index is 779. The van der Waals surface area contributed by atoms with Crippen molar-refractivity contribution in [3.05, 3.63) is 52.0 Å². The molecule has 2 heterocycles. The lowest BCUT2D eigenvalue weighted by molar-refractivity contribution is -0.132. The second-order valence-corrected chi connectivity index (χ2v) is 8.96. The van der Waals surface area contributed by atoms with Crippen LogP contribution in [0.1, 0.15) is 37.7 Å². The highest BCUT2D eigenvalue weighted by Crippen LogP contribution is 2.33. The number of benzene rings is 1. The van der Waals surface area contributed by atoms with Gasteiger partial charge in [0.2, 0.25) is 5.91 Å². The number of halogens is 2. The summed E-state index contributed by atoms with van der Waals surface area (Å²) >= 11 is 13.1. The van der Waals surface area contributed by atoms with Crippen LogP contribution in [0.3, 0.4) is 0 Å². The second kappa shape index (κ2) is 9.55. The van der Waals surface area contributed by atoms with E-state index >= 15 is 0 Å². The Morgan fingerprint density at radius 2 is 1.79 bits per heavy atom. The summed E-state index contributed by atoms with van der Waals surface area (Å²) in [5.74, 6) is 1.24. The fourth-order valence-corrected chi connectivity index (χ4v) is 5.00. The minimum absolute atomic E-state index is 0.0213. The minimum atomic E-state index is 0.0213. The number of hydrogen-bond acceptors (Lipinski definition) is 3. The summed E-state index contributed by atoms with van der Waals surface area (Å²) in [6.07, 6.45) is 13.9. The van der Waals surface area contributed by atoms with Gasteiger partial charge < -0.3 is 9.64 Å². The number of amides is 1. The molecular weight excluding hydrogens is 407 g/mol. The van der Waals surface area contributed by atoms with Gasteiger partial charge in [0.25, 0.3) is 0 Å². The van der Waals surface area contributed by atoms with Gasteiger partial charge in [-0.15, -0.1) is 0 Å². The maximum Gasteiger partial charge on any atom is 0.240 e. The third kappa shape index (κ3) is 4.99. The number of carbonyl (C=O) groups excluding carboxylic acids is 1. The number of carbonyl (C=O) groups is 1. The maximum atomic E-state index is 12.9. The Hall–Kier alpha value is -1.49. The normalized spacial score (nSPS) is 25.0. The topological polar surface area (TPSA) is 32.8 Å². The van der Waals surface area contributed by atoms with E-state index in [0.29, 0.717) is 34.9 Å². The smallest absolute Gasteiger partial charge is 0.240 e. The fraction of sp³-hybridized carbons (Fsp3) is 0.522. The summed E-state index contributed by atoms with van der Waals surface area (Å²) in [7, 11) is 0. The minimum Gasteiger partial charge on any atom is -0.493 e. The van der Waals surface area contributed by atoms with Crippen molar-refractivity contribution in [2.45, 2.75) is 44.7 Å². The van der Waals surface area contributed by atoms with Crippen LogP contribution in [0.2, 0.25) is 10.0 Å². The van der Waals surface area contributed by atoms with E-state index in [1.807, 2.05) is 23.1 Å². The largest absolute Gasteiger partial charge is 0.493 e. The summed E-state index contributed by atoms with van der Waals surface area (Å²) in [6.45, 7) is 3.87. The third-order valence-electron chi connectivity index (χ3n) is 6.10. The molecule has 2 fully saturated rings. The monoisotopic (exact) mass is 434 g/mol. The van der Waals surface area contributed by atoms with E-state index in [1.54, 1.807) is 0 Å². The van der Waals surface area contributed by atoms with Crippen LogP contribution in [-0.2, 0) is 11.3 Å². The van der Waals surface area contributed by atoms with Crippen molar-refractivity contribution in [2.75, 3.05) is 26.2 Å². The number of rotatable bonds is 6. The standard InChI is InChI=1S/C23H28Cl2N2O2/c24-20-13-18(29-16-17-7-3-1-4-8-17)14-21(25)19(20)15-27-12-9-22(23(27)28)26-10-5-2-6-11-26/h1,3-4,7,13-14,17,22H,2,5-6,8-12,15-16H2. The van der Waals surface area contributed by atoms with E-state index in [2.05, 4.69) is 23.1 Å². The van der Waals surface area contributed by atoms with Crippen LogP contribution < -0.4 is 4.74 Å². The van der Waals surface area contributed by atoms with E-state index in [4.69, 9.17) is 27.9 Å². The molecule has 1 aromatic carbocycles. The first-order valence-corrected chi connectivity index (χ1v) is 11.3. The molecule has 4 nitrogen and oxygen atoms in total. The van der Waals surface area contributed by atoms with Crippen molar-refractivity contribution < 1.29 is 9.53 Å². The zero-order valence-electron chi connectivity index (χ0n) is 16.7. The zero-order chi connectivity index (χ0) is 20.2. The predicted molar refractivity (Wildman–Crippen MR) is 118 cm³/mol. The summed E-state index contributed by atoms with van der Waals surface area (Å²) in [5.41, 5.74) is 0.800. The number of nitrogens with zero attached hydrogens (tertiary/aromatic N) is 2. The van der Waals surface area contributed by atoms with E-state index < -0.39 is 0 Å². The van der Waals surface area contributed by atoms with Crippen LogP contribution in [0.5, 0.6) is 5.75 Å². The number of ether oxygens (including phenoxy) is 1. The Balaban J connectivity index is 1.38. The molecule has 0 aromatic heterocycles. The van der Waals surface area contributed by atoms with Gasteiger partial charge in [-0.05, 0) is 50.9 Å². The molecule has 0 bridgehead atoms. The molecule has 156 valence electrons. The van der Waals surface area contributed by atoms with Crippen LogP contribution >= 0.6 is 23.2 Å². The molecule has 3 aliphatic rings. The third-order valence-corrected chi connectivity index (χ3v) is 6.77. The fourth-order valence-electron chi connectivity index (χ4n) is 4.41. The zero-order valence-corrected chi connectivity index (χ0v) is 18.2. The van der Waals surface area contributed by atoms with Gasteiger partial charge >= 0.3 is 0 Å². The molecule has 1 aromatic rings. The van der Waals surface area contributed by atoms with Gasteiger partial charge in [0.1, 0.15) is 5.75 Å². The summed E-state index contributed by atoms with van der Waals surface area (Å²) in [4.78, 5) is 17.2. The molecule has 0 saturated carbocycles. The SMILES string of the molecule is O=C1C(N2CCCCC2)CCN1Cc1c(Cl)cc(OCC2C=CC=CC2)cc1Cl. The van der Waals surface area contributed by atoms with Crippen molar-refractivity contribution in [3.63, 3.8) is 0 Å². The first-order chi connectivity index (χ1) is 14.1. The van der Waals surface area contributed by atoms with Gasteiger partial charge in [-0.3, -0.25) is 9.69 Å². The quantitative estimate of drug-likeness (QED) is 0.624. The van der Waals surface area contributed by atoms with E-state index in [0.717, 1.165) is 38.0 Å². The van der Waals surface area contributed by atoms with Crippen LogP contribution in [-0.4, -0.2) is 48.0 Å². The average molecular weight is 435 g/mol. The highest BCUT2D eigenvalue weighted by Gasteiger charge is 2.36. The Morgan fingerprint density at radius 3 is 2.48 bits per heavy atom. The molecular formula is C23H28Cl2N2O2. The Morgan fingerprint density at radius 1 is 1.03 bits per heavy atom. The van der Waals surface area contributed by atoms with E-state index in [-0.39, 0.29) is 11.9 Å². The lowest BCUT2D eigenvalue weighted by Gasteiger charge is -2.31. The summed E-state index contributed by atoms with van der Waals surface area (Å²) < 4.78 is 5.91. The van der Waals surface area contributed by atoms with Crippen molar-refractivity contribution >= 4 is 29.1 Å². The Kier molecular flexibility index (Phi) is 6.84. The first-order valence-electron chi connectivity index (χ1n) is 10.6. The highest BCUT2D eigenvalue weighted by molar-refractivity contribution is 6.36. The van der Waals surface area contributed by atoms with Crippen molar-refractivity contribution in [1.29, 1.82) is 0 Å². The average Bonchev–Trinajstić information content (AvgIpc) is 3.11. The van der Waals surface area contributed by atoms with Crippen molar-refractivity contribution in [3.8, 4) is 5.75 Å². The molecule has 2 saturated heterocycles. The van der Waals surface area contributed by atoms with Crippen LogP contribution in [0.4, 0.5) is 0 Å². The van der Waals surface area contributed by atoms with Gasteiger partial charge in [0.05, 0.1) is 22.7 Å². The van der Waals surface area contributed by atoms with Gasteiger partial charge in [0, 0.05) is 24.6 Å². The molecule has 6 heteroatoms. The first kappa shape index (κ1) is 20.8. The molecule has 1 aliphatic carbocycles. The van der Waals surface area contributed by atoms with Crippen molar-refractivity contribution in [2.24, 2.45) is 5.92 Å². The van der Waals surface area contributed by atoms with Gasteiger partial charge in [-0.2, -0.15) is 0 Å². The number of piperidine rings is 1. The molecule has 0 spiro atoms. The molecule has 29 heavy (non-hydrogen) atoms. The molecule has 2 unspecified atom stereocenters. The van der Waals surface area contributed by atoms with E-state index in [1.165, 1.54) is 19.3 Å². The number of allylic oxidation sites excluding steroid dienone is 3. The lowest BCUT2D eigenvalue weighted by Crippen LogP contribution is -2.44. The maximum absolute atomic E-state index is 12.9. The summed E-state index contributed by atoms with van der Waals surface area (Å²) in [5, 5.41) is 1.11.